The van der Waals surface area contributed by atoms with Gasteiger partial charge in [0.2, 0.25) is 17.7 Å². The first-order valence-corrected chi connectivity index (χ1v) is 9.21. The number of benzene rings is 1. The maximum atomic E-state index is 11.9. The highest BCUT2D eigenvalue weighted by Crippen LogP contribution is 2.39. The fraction of sp³-hybridized carbons (Fsp3) is 0.300. The molecule has 1 aliphatic carbocycles. The van der Waals surface area contributed by atoms with E-state index in [0.717, 1.165) is 36.1 Å². The number of H-pyrrole nitrogens is 1. The summed E-state index contributed by atoms with van der Waals surface area (Å²) < 4.78 is 10.2. The van der Waals surface area contributed by atoms with E-state index in [1.54, 1.807) is 20.2 Å². The van der Waals surface area contributed by atoms with E-state index in [0.29, 0.717) is 11.8 Å². The molecule has 0 saturated heterocycles. The van der Waals surface area contributed by atoms with Crippen molar-refractivity contribution < 1.29 is 14.3 Å². The monoisotopic (exact) mass is 379 g/mol. The number of nitrogens with one attached hydrogen (secondary N) is 2. The number of carbonyl (C=O) groups is 1. The molecule has 0 fully saturated rings. The lowest BCUT2D eigenvalue weighted by atomic mass is 9.98. The molecule has 3 aromatic rings. The van der Waals surface area contributed by atoms with E-state index >= 15 is 0 Å². The molecule has 0 saturated carbocycles. The van der Waals surface area contributed by atoms with Crippen molar-refractivity contribution in [3.05, 3.63) is 47.4 Å². The predicted molar refractivity (Wildman–Crippen MR) is 104 cm³/mol. The van der Waals surface area contributed by atoms with Gasteiger partial charge >= 0.3 is 5.97 Å². The van der Waals surface area contributed by atoms with Crippen LogP contribution in [0, 0.1) is 0 Å². The van der Waals surface area contributed by atoms with Crippen LogP contribution in [0.4, 0.5) is 11.6 Å². The van der Waals surface area contributed by atoms with Gasteiger partial charge in [0.25, 0.3) is 0 Å². The summed E-state index contributed by atoms with van der Waals surface area (Å²) in [4.78, 5) is 20.3. The van der Waals surface area contributed by atoms with Gasteiger partial charge in [-0.1, -0.05) is 12.1 Å². The van der Waals surface area contributed by atoms with Crippen molar-refractivity contribution in [2.75, 3.05) is 19.0 Å². The molecule has 0 aliphatic heterocycles. The molecule has 8 nitrogen and oxygen atoms in total. The van der Waals surface area contributed by atoms with E-state index in [9.17, 15) is 4.79 Å². The normalized spacial score (nSPS) is 12.5. The highest BCUT2D eigenvalue weighted by Gasteiger charge is 2.21. The van der Waals surface area contributed by atoms with Crippen molar-refractivity contribution in [3.63, 3.8) is 0 Å². The van der Waals surface area contributed by atoms with Gasteiger partial charge in [-0.2, -0.15) is 4.98 Å². The Morgan fingerprint density at radius 2 is 2.18 bits per heavy atom. The van der Waals surface area contributed by atoms with Crippen molar-refractivity contribution in [3.8, 4) is 17.0 Å². The SMILES string of the molecule is CCOC(=O)c1nc(Nc2c(-c3ccnc(OC)c3)ccc3c2CCC3)n[nH]1. The lowest BCUT2D eigenvalue weighted by Gasteiger charge is -2.15. The van der Waals surface area contributed by atoms with Crippen LogP contribution in [-0.4, -0.2) is 39.9 Å². The molecule has 0 spiro atoms. The molecule has 8 heteroatoms. The zero-order chi connectivity index (χ0) is 19.5. The first-order chi connectivity index (χ1) is 13.7. The van der Waals surface area contributed by atoms with E-state index in [2.05, 4.69) is 37.6 Å². The number of anilines is 2. The number of fused-ring (bicyclic) bond motifs is 1. The molecule has 2 aromatic heterocycles. The number of esters is 1. The van der Waals surface area contributed by atoms with E-state index in [-0.39, 0.29) is 12.4 Å². The minimum absolute atomic E-state index is 0.0732. The van der Waals surface area contributed by atoms with E-state index in [1.165, 1.54) is 11.1 Å². The summed E-state index contributed by atoms with van der Waals surface area (Å²) in [5, 5.41) is 10.1. The Hall–Kier alpha value is -3.42. The molecule has 0 bridgehead atoms. The summed E-state index contributed by atoms with van der Waals surface area (Å²) >= 11 is 0. The third-order valence-electron chi connectivity index (χ3n) is 4.73. The van der Waals surface area contributed by atoms with Gasteiger partial charge in [0.15, 0.2) is 0 Å². The summed E-state index contributed by atoms with van der Waals surface area (Å²) in [5.74, 6) is 0.418. The second kappa shape index (κ2) is 7.67. The fourth-order valence-electron chi connectivity index (χ4n) is 3.46. The highest BCUT2D eigenvalue weighted by molar-refractivity contribution is 5.87. The van der Waals surface area contributed by atoms with Crippen molar-refractivity contribution in [1.29, 1.82) is 0 Å². The largest absolute Gasteiger partial charge is 0.481 e. The zero-order valence-electron chi connectivity index (χ0n) is 15.8. The van der Waals surface area contributed by atoms with Gasteiger partial charge in [0.1, 0.15) is 0 Å². The smallest absolute Gasteiger partial charge is 0.375 e. The van der Waals surface area contributed by atoms with Gasteiger partial charge in [-0.25, -0.2) is 9.78 Å². The number of aryl methyl sites for hydroxylation is 1. The Morgan fingerprint density at radius 3 is 3.00 bits per heavy atom. The minimum atomic E-state index is -0.527. The maximum absolute atomic E-state index is 11.9. The quantitative estimate of drug-likeness (QED) is 0.634. The number of rotatable bonds is 6. The molecule has 0 unspecified atom stereocenters. The average Bonchev–Trinajstić information content (AvgIpc) is 3.38. The van der Waals surface area contributed by atoms with Crippen LogP contribution in [0.1, 0.15) is 35.1 Å². The highest BCUT2D eigenvalue weighted by atomic mass is 16.5. The average molecular weight is 379 g/mol. The lowest BCUT2D eigenvalue weighted by Crippen LogP contribution is -2.07. The minimum Gasteiger partial charge on any atom is -0.481 e. The Balaban J connectivity index is 1.73. The van der Waals surface area contributed by atoms with Crippen LogP contribution in [0.3, 0.4) is 0 Å². The predicted octanol–water partition coefficient (Wildman–Crippen LogP) is 3.28. The Kier molecular flexibility index (Phi) is 4.92. The molecule has 144 valence electrons. The summed E-state index contributed by atoms with van der Waals surface area (Å²) in [5.41, 5.74) is 5.48. The number of methoxy groups -OCH3 is 1. The Morgan fingerprint density at radius 1 is 1.29 bits per heavy atom. The van der Waals surface area contributed by atoms with Gasteiger partial charge in [0, 0.05) is 17.8 Å². The molecule has 1 aliphatic rings. The third-order valence-corrected chi connectivity index (χ3v) is 4.73. The van der Waals surface area contributed by atoms with Crippen molar-refractivity contribution in [1.82, 2.24) is 20.2 Å². The van der Waals surface area contributed by atoms with Crippen molar-refractivity contribution >= 4 is 17.6 Å². The van der Waals surface area contributed by atoms with Crippen LogP contribution in [0.5, 0.6) is 5.88 Å². The second-order valence-electron chi connectivity index (χ2n) is 6.42. The number of hydrogen-bond acceptors (Lipinski definition) is 7. The molecule has 28 heavy (non-hydrogen) atoms. The summed E-state index contributed by atoms with van der Waals surface area (Å²) in [7, 11) is 1.60. The number of nitrogens with zero attached hydrogens (tertiary/aromatic N) is 3. The van der Waals surface area contributed by atoms with Crippen molar-refractivity contribution in [2.24, 2.45) is 0 Å². The Labute approximate surface area is 162 Å². The third kappa shape index (κ3) is 3.40. The molecule has 2 N–H and O–H groups in total. The van der Waals surface area contributed by atoms with E-state index < -0.39 is 5.97 Å². The molecule has 0 atom stereocenters. The lowest BCUT2D eigenvalue weighted by molar-refractivity contribution is 0.0512. The molecule has 2 heterocycles. The fourth-order valence-corrected chi connectivity index (χ4v) is 3.46. The molecular formula is C20H21N5O3. The topological polar surface area (TPSA) is 102 Å². The molecule has 0 amide bonds. The van der Waals surface area contributed by atoms with E-state index in [1.807, 2.05) is 12.1 Å². The van der Waals surface area contributed by atoms with Gasteiger partial charge in [0.05, 0.1) is 19.4 Å². The number of ether oxygens (including phenoxy) is 2. The molecule has 0 radical (unpaired) electrons. The van der Waals surface area contributed by atoms with Gasteiger partial charge in [-0.05, 0) is 48.9 Å². The summed E-state index contributed by atoms with van der Waals surface area (Å²) in [6, 6.07) is 8.08. The number of hydrogen-bond donors (Lipinski definition) is 2. The first-order valence-electron chi connectivity index (χ1n) is 9.21. The summed E-state index contributed by atoms with van der Waals surface area (Å²) in [6.07, 6.45) is 4.85. The molecule has 4 rings (SSSR count). The first kappa shape index (κ1) is 18.0. The number of aromatic amines is 1. The van der Waals surface area contributed by atoms with E-state index in [4.69, 9.17) is 9.47 Å². The number of aromatic nitrogens is 4. The summed E-state index contributed by atoms with van der Waals surface area (Å²) in [6.45, 7) is 2.03. The van der Waals surface area contributed by atoms with Crippen LogP contribution in [0.25, 0.3) is 11.1 Å². The Bertz CT molecular complexity index is 1010. The van der Waals surface area contributed by atoms with Crippen LogP contribution < -0.4 is 10.1 Å². The number of carbonyl (C=O) groups excluding carboxylic acids is 1. The van der Waals surface area contributed by atoms with Gasteiger partial charge in [-0.3, -0.25) is 5.10 Å². The zero-order valence-corrected chi connectivity index (χ0v) is 15.8. The van der Waals surface area contributed by atoms with Crippen LogP contribution in [-0.2, 0) is 17.6 Å². The standard InChI is InChI=1S/C20H21N5O3/c1-3-28-19(26)18-23-20(25-24-18)22-17-14-6-4-5-12(14)7-8-15(17)13-9-10-21-16(11-13)27-2/h7-11H,3-6H2,1-2H3,(H2,22,23,24,25). The molecule has 1 aromatic carbocycles. The molecular weight excluding hydrogens is 358 g/mol. The van der Waals surface area contributed by atoms with Gasteiger partial charge in [-0.15, -0.1) is 5.10 Å². The van der Waals surface area contributed by atoms with Crippen molar-refractivity contribution in [2.45, 2.75) is 26.2 Å². The maximum Gasteiger partial charge on any atom is 0.375 e. The van der Waals surface area contributed by atoms with Crippen LogP contribution >= 0.6 is 0 Å². The van der Waals surface area contributed by atoms with Crippen LogP contribution in [0.2, 0.25) is 0 Å². The second-order valence-corrected chi connectivity index (χ2v) is 6.42. The number of pyridine rings is 1. The van der Waals surface area contributed by atoms with Gasteiger partial charge < -0.3 is 14.8 Å². The van der Waals surface area contributed by atoms with Crippen LogP contribution in [0.15, 0.2) is 30.5 Å².